The topological polar surface area (TPSA) is 92.8 Å². The normalized spacial score (nSPS) is 20.4. The van der Waals surface area contributed by atoms with Crippen molar-refractivity contribution in [3.8, 4) is 23.2 Å². The molecule has 32 heavy (non-hydrogen) atoms. The SMILES string of the molecule is COc1ccc(-c2nnc(SCC(=O)N[C@](C)(C#N)C(C)C)n2[C@H]2CCCC[C@H]2C)cc1. The van der Waals surface area contributed by atoms with Crippen molar-refractivity contribution in [2.75, 3.05) is 12.9 Å². The van der Waals surface area contributed by atoms with Gasteiger partial charge < -0.3 is 10.1 Å². The van der Waals surface area contributed by atoms with E-state index in [0.717, 1.165) is 28.7 Å². The van der Waals surface area contributed by atoms with Gasteiger partial charge in [-0.1, -0.05) is 45.4 Å². The van der Waals surface area contributed by atoms with Gasteiger partial charge in [-0.3, -0.25) is 9.36 Å². The summed E-state index contributed by atoms with van der Waals surface area (Å²) in [5, 5.41) is 22.1. The molecular formula is C24H33N5O2S. The van der Waals surface area contributed by atoms with E-state index in [4.69, 9.17) is 4.74 Å². The third-order valence-electron chi connectivity index (χ3n) is 6.53. The van der Waals surface area contributed by atoms with Crippen LogP contribution in [-0.4, -0.2) is 39.1 Å². The van der Waals surface area contributed by atoms with Gasteiger partial charge in [-0.2, -0.15) is 5.26 Å². The van der Waals surface area contributed by atoms with Gasteiger partial charge in [0, 0.05) is 11.6 Å². The van der Waals surface area contributed by atoms with Crippen LogP contribution in [0.1, 0.15) is 59.4 Å². The van der Waals surface area contributed by atoms with Gasteiger partial charge in [-0.15, -0.1) is 10.2 Å². The summed E-state index contributed by atoms with van der Waals surface area (Å²) < 4.78 is 7.51. The minimum absolute atomic E-state index is 0.00914. The predicted molar refractivity (Wildman–Crippen MR) is 126 cm³/mol. The van der Waals surface area contributed by atoms with Crippen LogP contribution in [0.5, 0.6) is 5.75 Å². The van der Waals surface area contributed by atoms with Crippen LogP contribution in [0.2, 0.25) is 0 Å². The van der Waals surface area contributed by atoms with Crippen LogP contribution in [0, 0.1) is 23.2 Å². The first-order valence-corrected chi connectivity index (χ1v) is 12.2. The number of amides is 1. The van der Waals surface area contributed by atoms with Crippen LogP contribution in [0.25, 0.3) is 11.4 Å². The summed E-state index contributed by atoms with van der Waals surface area (Å²) in [6.45, 7) is 7.90. The summed E-state index contributed by atoms with van der Waals surface area (Å²) in [7, 11) is 1.65. The highest BCUT2D eigenvalue weighted by Crippen LogP contribution is 2.39. The predicted octanol–water partition coefficient (Wildman–Crippen LogP) is 4.85. The molecule has 172 valence electrons. The molecule has 8 heteroatoms. The highest BCUT2D eigenvalue weighted by molar-refractivity contribution is 7.99. The van der Waals surface area contributed by atoms with E-state index in [2.05, 4.69) is 33.1 Å². The van der Waals surface area contributed by atoms with E-state index in [1.165, 1.54) is 31.0 Å². The van der Waals surface area contributed by atoms with Crippen LogP contribution in [-0.2, 0) is 4.79 Å². The second-order valence-electron chi connectivity index (χ2n) is 9.04. The molecule has 1 aromatic carbocycles. The maximum atomic E-state index is 12.6. The van der Waals surface area contributed by atoms with E-state index < -0.39 is 5.54 Å². The van der Waals surface area contributed by atoms with E-state index in [1.807, 2.05) is 38.1 Å². The summed E-state index contributed by atoms with van der Waals surface area (Å²) in [4.78, 5) is 12.6. The Balaban J connectivity index is 1.86. The van der Waals surface area contributed by atoms with Gasteiger partial charge in [0.05, 0.1) is 18.9 Å². The number of rotatable bonds is 8. The van der Waals surface area contributed by atoms with Gasteiger partial charge in [-0.25, -0.2) is 0 Å². The Bertz CT molecular complexity index is 966. The van der Waals surface area contributed by atoms with Crippen LogP contribution in [0.15, 0.2) is 29.4 Å². The monoisotopic (exact) mass is 455 g/mol. The Hall–Kier alpha value is -2.53. The lowest BCUT2D eigenvalue weighted by atomic mass is 9.85. The molecule has 1 aliphatic rings. The van der Waals surface area contributed by atoms with Crippen molar-refractivity contribution >= 4 is 17.7 Å². The number of nitrogens with zero attached hydrogens (tertiary/aromatic N) is 4. The first kappa shape index (κ1) is 24.1. The van der Waals surface area contributed by atoms with Gasteiger partial charge >= 0.3 is 0 Å². The van der Waals surface area contributed by atoms with Crippen LogP contribution < -0.4 is 10.1 Å². The van der Waals surface area contributed by atoms with Crippen molar-refractivity contribution in [3.63, 3.8) is 0 Å². The smallest absolute Gasteiger partial charge is 0.231 e. The number of hydrogen-bond acceptors (Lipinski definition) is 6. The number of nitrogens with one attached hydrogen (secondary N) is 1. The molecule has 0 radical (unpaired) electrons. The molecule has 0 saturated heterocycles. The number of carbonyl (C=O) groups is 1. The molecule has 0 bridgehead atoms. The molecule has 3 atom stereocenters. The van der Waals surface area contributed by atoms with Gasteiger partial charge in [0.15, 0.2) is 11.0 Å². The number of carbonyl (C=O) groups excluding carboxylic acids is 1. The summed E-state index contributed by atoms with van der Waals surface area (Å²) in [5.74, 6) is 2.14. The first-order chi connectivity index (χ1) is 15.3. The van der Waals surface area contributed by atoms with E-state index >= 15 is 0 Å². The largest absolute Gasteiger partial charge is 0.497 e. The molecule has 1 heterocycles. The molecule has 2 aromatic rings. The van der Waals surface area contributed by atoms with Crippen molar-refractivity contribution in [3.05, 3.63) is 24.3 Å². The van der Waals surface area contributed by atoms with Crippen LogP contribution >= 0.6 is 11.8 Å². The van der Waals surface area contributed by atoms with Crippen molar-refractivity contribution in [2.45, 2.75) is 70.1 Å². The number of aromatic nitrogens is 3. The fraction of sp³-hybridized carbons (Fsp3) is 0.583. The highest BCUT2D eigenvalue weighted by atomic mass is 32.2. The Morgan fingerprint density at radius 3 is 2.59 bits per heavy atom. The zero-order chi connectivity index (χ0) is 23.3. The molecule has 7 nitrogen and oxygen atoms in total. The molecule has 1 saturated carbocycles. The van der Waals surface area contributed by atoms with Crippen LogP contribution in [0.3, 0.4) is 0 Å². The average molecular weight is 456 g/mol. The number of nitriles is 1. The number of ether oxygens (including phenoxy) is 1. The molecule has 0 unspecified atom stereocenters. The van der Waals surface area contributed by atoms with E-state index in [9.17, 15) is 10.1 Å². The Kier molecular flexibility index (Phi) is 7.83. The molecule has 0 spiro atoms. The van der Waals surface area contributed by atoms with Gasteiger partial charge in [-0.05, 0) is 55.9 Å². The molecule has 0 aliphatic heterocycles. The lowest BCUT2D eigenvalue weighted by Crippen LogP contribution is -2.49. The molecule has 1 amide bonds. The quantitative estimate of drug-likeness (QED) is 0.572. The lowest BCUT2D eigenvalue weighted by Gasteiger charge is -2.31. The second-order valence-corrected chi connectivity index (χ2v) is 9.98. The van der Waals surface area contributed by atoms with Gasteiger partial charge in [0.1, 0.15) is 11.3 Å². The minimum Gasteiger partial charge on any atom is -0.497 e. The zero-order valence-electron chi connectivity index (χ0n) is 19.6. The van der Waals surface area contributed by atoms with Crippen molar-refractivity contribution in [1.82, 2.24) is 20.1 Å². The van der Waals surface area contributed by atoms with E-state index in [1.54, 1.807) is 14.0 Å². The molecular weight excluding hydrogens is 422 g/mol. The molecule has 1 N–H and O–H groups in total. The molecule has 1 aromatic heterocycles. The summed E-state index contributed by atoms with van der Waals surface area (Å²) in [6.07, 6.45) is 4.66. The standard InChI is InChI=1S/C24H33N5O2S/c1-16(2)24(4,15-25)26-21(30)14-32-23-28-27-22(18-10-12-19(31-5)13-11-18)29(23)20-9-7-6-8-17(20)3/h10-13,16-17,20H,6-9,14H2,1-5H3,(H,26,30)/t17-,20+,24-/m1/s1. The number of benzene rings is 1. The highest BCUT2D eigenvalue weighted by Gasteiger charge is 2.31. The summed E-state index contributed by atoms with van der Waals surface area (Å²) in [6, 6.07) is 10.4. The molecule has 1 fully saturated rings. The molecule has 1 aliphatic carbocycles. The maximum absolute atomic E-state index is 12.6. The van der Waals surface area contributed by atoms with E-state index in [0.29, 0.717) is 12.0 Å². The van der Waals surface area contributed by atoms with Gasteiger partial charge in [0.2, 0.25) is 5.91 Å². The maximum Gasteiger partial charge on any atom is 0.231 e. The van der Waals surface area contributed by atoms with E-state index in [-0.39, 0.29) is 17.6 Å². The first-order valence-electron chi connectivity index (χ1n) is 11.2. The third kappa shape index (κ3) is 5.26. The fourth-order valence-electron chi connectivity index (χ4n) is 4.05. The third-order valence-corrected chi connectivity index (χ3v) is 7.47. The average Bonchev–Trinajstić information content (AvgIpc) is 3.21. The van der Waals surface area contributed by atoms with Crippen LogP contribution in [0.4, 0.5) is 0 Å². The van der Waals surface area contributed by atoms with Crippen molar-refractivity contribution in [1.29, 1.82) is 5.26 Å². The number of methoxy groups -OCH3 is 1. The Labute approximate surface area is 194 Å². The summed E-state index contributed by atoms with van der Waals surface area (Å²) >= 11 is 1.38. The summed E-state index contributed by atoms with van der Waals surface area (Å²) in [5.41, 5.74) is 0.0847. The number of hydrogen-bond donors (Lipinski definition) is 1. The van der Waals surface area contributed by atoms with Crippen molar-refractivity contribution < 1.29 is 9.53 Å². The lowest BCUT2D eigenvalue weighted by molar-refractivity contribution is -0.120. The van der Waals surface area contributed by atoms with Gasteiger partial charge in [0.25, 0.3) is 0 Å². The zero-order valence-corrected chi connectivity index (χ0v) is 20.4. The Morgan fingerprint density at radius 1 is 1.31 bits per heavy atom. The second kappa shape index (κ2) is 10.4. The number of thioether (sulfide) groups is 1. The molecule has 3 rings (SSSR count). The van der Waals surface area contributed by atoms with Crippen molar-refractivity contribution in [2.24, 2.45) is 11.8 Å². The minimum atomic E-state index is -0.891. The Morgan fingerprint density at radius 2 is 2.00 bits per heavy atom. The fourth-order valence-corrected chi connectivity index (χ4v) is 4.84.